The van der Waals surface area contributed by atoms with Crippen LogP contribution in [0.5, 0.6) is 23.1 Å². The van der Waals surface area contributed by atoms with Crippen molar-refractivity contribution in [2.24, 2.45) is 0 Å². The Bertz CT molecular complexity index is 1990. The SMILES string of the molecule is [2H]C([2H])(C)Oc1ccccc1Oc1c(NS(=O)(=O)c2ccc(C(C([2H])([2H])[2H])(C([2H])([2H])[2H])C([2H])([2H])[2H])cc2)nc(-c2ncccn2)nc1OCC(O)(F)F. The summed E-state index contributed by atoms with van der Waals surface area (Å²) in [5.74, 6) is -3.95. The molecule has 0 amide bonds. The van der Waals surface area contributed by atoms with Crippen LogP contribution in [0.1, 0.15) is 48.1 Å². The Balaban J connectivity index is 1.92. The Hall–Kier alpha value is -4.43. The summed E-state index contributed by atoms with van der Waals surface area (Å²) < 4.78 is 160. The fraction of sp³-hybridized carbons (Fsp3) is 0.286. The zero-order valence-corrected chi connectivity index (χ0v) is 22.3. The van der Waals surface area contributed by atoms with Crippen LogP contribution in [0.3, 0.4) is 0 Å². The van der Waals surface area contributed by atoms with Gasteiger partial charge < -0.3 is 19.3 Å². The molecule has 0 aliphatic carbocycles. The van der Waals surface area contributed by atoms with Crippen LogP contribution < -0.4 is 18.9 Å². The Kier molecular flexibility index (Phi) is 5.49. The number of halogens is 2. The minimum atomic E-state index is -4.92. The molecule has 0 saturated carbocycles. The Morgan fingerprint density at radius 3 is 2.24 bits per heavy atom. The second-order valence-corrected chi connectivity index (χ2v) is 9.97. The molecule has 14 heteroatoms. The highest BCUT2D eigenvalue weighted by atomic mass is 32.2. The maximum atomic E-state index is 13.8. The van der Waals surface area contributed by atoms with Crippen LogP contribution in [-0.4, -0.2) is 52.7 Å². The Labute approximate surface area is 257 Å². The van der Waals surface area contributed by atoms with E-state index in [1.165, 1.54) is 42.7 Å². The van der Waals surface area contributed by atoms with Crippen LogP contribution >= 0.6 is 0 Å². The van der Waals surface area contributed by atoms with Crippen molar-refractivity contribution >= 4 is 15.8 Å². The number of para-hydroxylation sites is 2. The summed E-state index contributed by atoms with van der Waals surface area (Å²) >= 11 is 0. The number of hydrogen-bond acceptors (Lipinski definition) is 10. The molecule has 0 aliphatic rings. The maximum Gasteiger partial charge on any atom is 0.387 e. The van der Waals surface area contributed by atoms with Crippen LogP contribution in [-0.2, 0) is 15.4 Å². The lowest BCUT2D eigenvalue weighted by atomic mass is 9.87. The average Bonchev–Trinajstić information content (AvgIpc) is 2.99. The summed E-state index contributed by atoms with van der Waals surface area (Å²) in [5, 5.41) is 9.11. The number of nitrogens with zero attached hydrogens (tertiary/aromatic N) is 4. The van der Waals surface area contributed by atoms with E-state index < -0.39 is 89.0 Å². The van der Waals surface area contributed by atoms with E-state index in [1.54, 1.807) is 0 Å². The van der Waals surface area contributed by atoms with E-state index in [4.69, 9.17) is 34.4 Å². The normalized spacial score (nSPS) is 17.2. The molecule has 0 bridgehead atoms. The van der Waals surface area contributed by atoms with E-state index >= 15 is 0 Å². The van der Waals surface area contributed by atoms with E-state index in [1.807, 2.05) is 0 Å². The number of ether oxygens (including phenoxy) is 3. The second-order valence-electron chi connectivity index (χ2n) is 8.29. The van der Waals surface area contributed by atoms with Gasteiger partial charge in [0.25, 0.3) is 15.9 Å². The van der Waals surface area contributed by atoms with Gasteiger partial charge in [-0.1, -0.05) is 44.8 Å². The third-order valence-corrected chi connectivity index (χ3v) is 6.44. The molecular formula is C28H29F2N5O6S. The molecule has 4 rings (SSSR count). The van der Waals surface area contributed by atoms with Gasteiger partial charge in [-0.05, 0) is 48.2 Å². The largest absolute Gasteiger partial charge is 0.490 e. The van der Waals surface area contributed by atoms with Crippen LogP contribution in [0.15, 0.2) is 71.9 Å². The Morgan fingerprint density at radius 1 is 0.952 bits per heavy atom. The van der Waals surface area contributed by atoms with Gasteiger partial charge in [-0.2, -0.15) is 13.8 Å². The van der Waals surface area contributed by atoms with Gasteiger partial charge in [0.1, 0.15) is 0 Å². The summed E-state index contributed by atoms with van der Waals surface area (Å²) in [6, 6.07) is 9.60. The van der Waals surface area contributed by atoms with Gasteiger partial charge in [0.2, 0.25) is 11.6 Å². The number of rotatable bonds is 11. The quantitative estimate of drug-likeness (QED) is 0.232. The number of nitrogens with one attached hydrogen (secondary N) is 1. The molecule has 4 aromatic rings. The molecule has 0 atom stereocenters. The molecule has 222 valence electrons. The Morgan fingerprint density at radius 2 is 1.62 bits per heavy atom. The number of hydrogen-bond donors (Lipinski definition) is 2. The fourth-order valence-corrected chi connectivity index (χ4v) is 4.27. The number of aromatic nitrogens is 4. The van der Waals surface area contributed by atoms with Crippen LogP contribution in [0.4, 0.5) is 14.6 Å². The minimum absolute atomic E-state index is 0.264. The number of aliphatic hydroxyl groups is 1. The van der Waals surface area contributed by atoms with Crippen LogP contribution in [0.25, 0.3) is 11.6 Å². The van der Waals surface area contributed by atoms with Gasteiger partial charge in [0, 0.05) is 24.7 Å². The molecule has 2 heterocycles. The molecule has 0 fully saturated rings. The molecule has 2 N–H and O–H groups in total. The van der Waals surface area contributed by atoms with Crippen molar-refractivity contribution in [2.45, 2.75) is 43.9 Å². The maximum absolute atomic E-state index is 13.8. The van der Waals surface area contributed by atoms with Crippen molar-refractivity contribution in [3.63, 3.8) is 0 Å². The molecule has 2 aromatic carbocycles. The van der Waals surface area contributed by atoms with Crippen molar-refractivity contribution < 1.29 is 51.6 Å². The lowest BCUT2D eigenvalue weighted by molar-refractivity contribution is -0.217. The molecule has 0 spiro atoms. The summed E-state index contributed by atoms with van der Waals surface area (Å²) in [6.45, 7) is -13.9. The molecular weight excluding hydrogens is 572 g/mol. The van der Waals surface area contributed by atoms with E-state index in [-0.39, 0.29) is 17.3 Å². The highest BCUT2D eigenvalue weighted by molar-refractivity contribution is 7.92. The molecule has 0 aliphatic heterocycles. The zero-order chi connectivity index (χ0) is 39.8. The topological polar surface area (TPSA) is 146 Å². The first-order chi connectivity index (χ1) is 24.2. The van der Waals surface area contributed by atoms with Crippen LogP contribution in [0, 0.1) is 0 Å². The average molecular weight is 613 g/mol. The number of sulfonamides is 1. The third kappa shape index (κ3) is 7.64. The fourth-order valence-electron chi connectivity index (χ4n) is 3.27. The van der Waals surface area contributed by atoms with Crippen molar-refractivity contribution in [1.29, 1.82) is 0 Å². The lowest BCUT2D eigenvalue weighted by Gasteiger charge is -2.20. The van der Waals surface area contributed by atoms with Gasteiger partial charge >= 0.3 is 6.11 Å². The second kappa shape index (κ2) is 12.2. The first kappa shape index (κ1) is 18.9. The van der Waals surface area contributed by atoms with Crippen molar-refractivity contribution in [2.75, 3.05) is 17.9 Å². The third-order valence-electron chi connectivity index (χ3n) is 5.08. The molecule has 0 radical (unpaired) electrons. The first-order valence-corrected chi connectivity index (χ1v) is 13.2. The molecule has 0 saturated heterocycles. The van der Waals surface area contributed by atoms with Crippen molar-refractivity contribution in [3.8, 4) is 34.8 Å². The molecule has 42 heavy (non-hydrogen) atoms. The van der Waals surface area contributed by atoms with E-state index in [0.717, 1.165) is 19.1 Å². The van der Waals surface area contributed by atoms with E-state index in [2.05, 4.69) is 24.7 Å². The van der Waals surface area contributed by atoms with Gasteiger partial charge in [-0.25, -0.2) is 23.4 Å². The summed E-state index contributed by atoms with van der Waals surface area (Å²) in [6.07, 6.45) is -1.96. The number of anilines is 1. The highest BCUT2D eigenvalue weighted by Gasteiger charge is 2.30. The van der Waals surface area contributed by atoms with Crippen molar-refractivity contribution in [1.82, 2.24) is 19.9 Å². The van der Waals surface area contributed by atoms with Gasteiger partial charge in [0.15, 0.2) is 29.7 Å². The number of benzene rings is 2. The summed E-state index contributed by atoms with van der Waals surface area (Å²) in [7, 11) is -4.92. The van der Waals surface area contributed by atoms with Gasteiger partial charge in [-0.3, -0.25) is 4.72 Å². The van der Waals surface area contributed by atoms with E-state index in [9.17, 15) is 17.2 Å². The number of alkyl halides is 2. The van der Waals surface area contributed by atoms with E-state index in [0.29, 0.717) is 12.1 Å². The lowest BCUT2D eigenvalue weighted by Crippen LogP contribution is -2.25. The highest BCUT2D eigenvalue weighted by Crippen LogP contribution is 2.42. The standard InChI is InChI=1S/C28H29F2N5O6S/c1-5-39-20-9-6-7-10-21(20)41-22-23(35-42(37,38)19-13-11-18(12-14-19)27(2,3)4)33-25(24-31-15-8-16-32-24)34-26(22)40-17-28(29,30)36/h6-16,36H,5,17H2,1-4H3,(H,33,34,35)/i2D3,3D3,4D3,5D2. The molecule has 2 aromatic heterocycles. The molecule has 0 unspecified atom stereocenters. The van der Waals surface area contributed by atoms with Crippen LogP contribution in [0.2, 0.25) is 0 Å². The van der Waals surface area contributed by atoms with Crippen molar-refractivity contribution in [3.05, 3.63) is 72.6 Å². The van der Waals surface area contributed by atoms with Gasteiger partial charge in [0.05, 0.1) is 14.2 Å². The monoisotopic (exact) mass is 612 g/mol. The molecule has 11 nitrogen and oxygen atoms in total. The summed E-state index contributed by atoms with van der Waals surface area (Å²) in [5.41, 5.74) is -4.19. The predicted octanol–water partition coefficient (Wildman–Crippen LogP) is 5.19. The first-order valence-electron chi connectivity index (χ1n) is 17.2. The van der Waals surface area contributed by atoms with Gasteiger partial charge in [-0.15, -0.1) is 0 Å². The minimum Gasteiger partial charge on any atom is -0.490 e. The predicted molar refractivity (Wildman–Crippen MR) is 149 cm³/mol. The zero-order valence-electron chi connectivity index (χ0n) is 32.5. The summed E-state index contributed by atoms with van der Waals surface area (Å²) in [4.78, 5) is 15.3. The smallest absolute Gasteiger partial charge is 0.387 e.